The number of para-hydroxylation sites is 1. The van der Waals surface area contributed by atoms with E-state index in [1.807, 2.05) is 12.3 Å². The van der Waals surface area contributed by atoms with Gasteiger partial charge in [0.2, 0.25) is 0 Å². The predicted octanol–water partition coefficient (Wildman–Crippen LogP) is 3.25. The molecular formula is C16H17NO. The summed E-state index contributed by atoms with van der Waals surface area (Å²) in [5.74, 6) is 0. The molecule has 18 heavy (non-hydrogen) atoms. The molecule has 0 amide bonds. The molecule has 2 nitrogen and oxygen atoms in total. The summed E-state index contributed by atoms with van der Waals surface area (Å²) in [5.41, 5.74) is 3.51. The zero-order chi connectivity index (χ0) is 12.4. The van der Waals surface area contributed by atoms with Crippen LogP contribution in [0.25, 0.3) is 10.9 Å². The Morgan fingerprint density at radius 3 is 3.00 bits per heavy atom. The topological polar surface area (TPSA) is 33.1 Å². The van der Waals surface area contributed by atoms with E-state index in [1.165, 1.54) is 16.5 Å². The fraction of sp³-hybridized carbons (Fsp3) is 0.312. The Morgan fingerprint density at radius 2 is 2.17 bits per heavy atom. The van der Waals surface area contributed by atoms with E-state index in [1.54, 1.807) is 0 Å². The number of aliphatic hydroxyl groups excluding tert-OH is 1. The van der Waals surface area contributed by atoms with Gasteiger partial charge in [-0.15, -0.1) is 0 Å². The van der Waals surface area contributed by atoms with Crippen molar-refractivity contribution in [3.8, 4) is 0 Å². The highest BCUT2D eigenvalue weighted by molar-refractivity contribution is 5.81. The lowest BCUT2D eigenvalue weighted by Crippen LogP contribution is -2.01. The molecular weight excluding hydrogens is 222 g/mol. The summed E-state index contributed by atoms with van der Waals surface area (Å²) in [6, 6.07) is 10.3. The number of aliphatic hydroxyl groups is 1. The summed E-state index contributed by atoms with van der Waals surface area (Å²) in [6.07, 6.45) is 7.73. The van der Waals surface area contributed by atoms with Gasteiger partial charge in [0.05, 0.1) is 11.6 Å². The molecule has 1 atom stereocenters. The molecule has 1 saturated carbocycles. The molecule has 2 heteroatoms. The van der Waals surface area contributed by atoms with Crippen LogP contribution in [0.1, 0.15) is 24.8 Å². The SMILES string of the molecule is OC1CCC/C1=C/Cc1cccc2cccnc12. The average Bonchev–Trinajstić information content (AvgIpc) is 2.82. The lowest BCUT2D eigenvalue weighted by atomic mass is 10.0. The van der Waals surface area contributed by atoms with Crippen LogP contribution >= 0.6 is 0 Å². The van der Waals surface area contributed by atoms with Gasteiger partial charge in [0.15, 0.2) is 0 Å². The second kappa shape index (κ2) is 4.91. The van der Waals surface area contributed by atoms with Crippen molar-refractivity contribution in [1.82, 2.24) is 4.98 Å². The van der Waals surface area contributed by atoms with Crippen LogP contribution in [-0.4, -0.2) is 16.2 Å². The number of rotatable bonds is 2. The molecule has 1 aromatic carbocycles. The zero-order valence-corrected chi connectivity index (χ0v) is 10.3. The first-order valence-electron chi connectivity index (χ1n) is 6.54. The largest absolute Gasteiger partial charge is 0.389 e. The van der Waals surface area contributed by atoms with Crippen LogP contribution in [0.2, 0.25) is 0 Å². The Balaban J connectivity index is 1.91. The van der Waals surface area contributed by atoms with Crippen molar-refractivity contribution in [1.29, 1.82) is 0 Å². The van der Waals surface area contributed by atoms with Gasteiger partial charge in [0, 0.05) is 11.6 Å². The van der Waals surface area contributed by atoms with Crippen molar-refractivity contribution < 1.29 is 5.11 Å². The number of pyridine rings is 1. The Labute approximate surface area is 107 Å². The van der Waals surface area contributed by atoms with E-state index in [2.05, 4.69) is 35.3 Å². The fourth-order valence-corrected chi connectivity index (χ4v) is 2.66. The summed E-state index contributed by atoms with van der Waals surface area (Å²) >= 11 is 0. The highest BCUT2D eigenvalue weighted by atomic mass is 16.3. The smallest absolute Gasteiger partial charge is 0.0750 e. The van der Waals surface area contributed by atoms with Crippen LogP contribution in [0, 0.1) is 0 Å². The Morgan fingerprint density at radius 1 is 1.28 bits per heavy atom. The number of hydrogen-bond donors (Lipinski definition) is 1. The van der Waals surface area contributed by atoms with E-state index in [9.17, 15) is 5.11 Å². The zero-order valence-electron chi connectivity index (χ0n) is 10.3. The Bertz CT molecular complexity index is 583. The van der Waals surface area contributed by atoms with Gasteiger partial charge in [-0.1, -0.05) is 30.3 Å². The Hall–Kier alpha value is -1.67. The summed E-state index contributed by atoms with van der Waals surface area (Å²) in [4.78, 5) is 4.45. The summed E-state index contributed by atoms with van der Waals surface area (Å²) in [5, 5.41) is 11.0. The quantitative estimate of drug-likeness (QED) is 0.816. The molecule has 1 N–H and O–H groups in total. The number of fused-ring (bicyclic) bond motifs is 1. The van der Waals surface area contributed by atoms with Gasteiger partial charge in [-0.3, -0.25) is 4.98 Å². The first-order valence-corrected chi connectivity index (χ1v) is 6.54. The molecule has 92 valence electrons. The maximum Gasteiger partial charge on any atom is 0.0750 e. The number of nitrogens with zero attached hydrogens (tertiary/aromatic N) is 1. The van der Waals surface area contributed by atoms with Crippen molar-refractivity contribution in [3.63, 3.8) is 0 Å². The van der Waals surface area contributed by atoms with E-state index in [4.69, 9.17) is 0 Å². The van der Waals surface area contributed by atoms with E-state index < -0.39 is 0 Å². The monoisotopic (exact) mass is 239 g/mol. The van der Waals surface area contributed by atoms with E-state index >= 15 is 0 Å². The second-order valence-corrected chi connectivity index (χ2v) is 4.88. The van der Waals surface area contributed by atoms with Crippen LogP contribution in [0.4, 0.5) is 0 Å². The molecule has 2 aromatic rings. The molecule has 0 radical (unpaired) electrons. The molecule has 0 aliphatic heterocycles. The van der Waals surface area contributed by atoms with Crippen molar-refractivity contribution in [2.24, 2.45) is 0 Å². The van der Waals surface area contributed by atoms with Crippen molar-refractivity contribution in [2.45, 2.75) is 31.8 Å². The van der Waals surface area contributed by atoms with Crippen molar-refractivity contribution in [2.75, 3.05) is 0 Å². The molecule has 1 fully saturated rings. The van der Waals surface area contributed by atoms with Crippen molar-refractivity contribution >= 4 is 10.9 Å². The lowest BCUT2D eigenvalue weighted by molar-refractivity contribution is 0.217. The van der Waals surface area contributed by atoms with Crippen LogP contribution < -0.4 is 0 Å². The molecule has 3 rings (SSSR count). The first-order chi connectivity index (χ1) is 8.84. The van der Waals surface area contributed by atoms with Gasteiger partial charge >= 0.3 is 0 Å². The molecule has 1 unspecified atom stereocenters. The summed E-state index contributed by atoms with van der Waals surface area (Å²) < 4.78 is 0. The third kappa shape index (κ3) is 2.16. The fourth-order valence-electron chi connectivity index (χ4n) is 2.66. The first kappa shape index (κ1) is 11.4. The molecule has 1 aromatic heterocycles. The molecule has 1 aliphatic rings. The van der Waals surface area contributed by atoms with Crippen molar-refractivity contribution in [3.05, 3.63) is 53.7 Å². The normalized spacial score (nSPS) is 21.8. The summed E-state index contributed by atoms with van der Waals surface area (Å²) in [6.45, 7) is 0. The van der Waals surface area contributed by atoms with E-state index in [-0.39, 0.29) is 6.10 Å². The Kier molecular flexibility index (Phi) is 3.11. The maximum absolute atomic E-state index is 9.80. The van der Waals surface area contributed by atoms with E-state index in [0.717, 1.165) is 31.2 Å². The van der Waals surface area contributed by atoms with Gasteiger partial charge in [-0.25, -0.2) is 0 Å². The van der Waals surface area contributed by atoms with Gasteiger partial charge in [-0.2, -0.15) is 0 Å². The predicted molar refractivity (Wildman–Crippen MR) is 73.4 cm³/mol. The van der Waals surface area contributed by atoms with Crippen LogP contribution in [-0.2, 0) is 6.42 Å². The van der Waals surface area contributed by atoms with Crippen LogP contribution in [0.5, 0.6) is 0 Å². The molecule has 1 heterocycles. The van der Waals surface area contributed by atoms with Gasteiger partial charge < -0.3 is 5.11 Å². The lowest BCUT2D eigenvalue weighted by Gasteiger charge is -2.06. The minimum absolute atomic E-state index is 0.215. The van der Waals surface area contributed by atoms with Gasteiger partial charge in [-0.05, 0) is 42.9 Å². The number of hydrogen-bond acceptors (Lipinski definition) is 2. The molecule has 1 aliphatic carbocycles. The van der Waals surface area contributed by atoms with Gasteiger partial charge in [0.1, 0.15) is 0 Å². The highest BCUT2D eigenvalue weighted by Gasteiger charge is 2.17. The summed E-state index contributed by atoms with van der Waals surface area (Å²) in [7, 11) is 0. The van der Waals surface area contributed by atoms with E-state index in [0.29, 0.717) is 0 Å². The minimum atomic E-state index is -0.215. The minimum Gasteiger partial charge on any atom is -0.389 e. The number of benzene rings is 1. The molecule has 0 spiro atoms. The molecule has 0 saturated heterocycles. The third-order valence-electron chi connectivity index (χ3n) is 3.67. The second-order valence-electron chi connectivity index (χ2n) is 4.88. The standard InChI is InChI=1S/C16H17NO/c18-15-8-2-4-12(15)9-10-14-6-1-5-13-7-3-11-17-16(13)14/h1,3,5-7,9,11,15,18H,2,4,8,10H2/b12-9-. The highest BCUT2D eigenvalue weighted by Crippen LogP contribution is 2.25. The number of aromatic nitrogens is 1. The van der Waals surface area contributed by atoms with Crippen LogP contribution in [0.3, 0.4) is 0 Å². The van der Waals surface area contributed by atoms with Gasteiger partial charge in [0.25, 0.3) is 0 Å². The maximum atomic E-state index is 9.80. The third-order valence-corrected chi connectivity index (χ3v) is 3.67. The molecule has 0 bridgehead atoms. The van der Waals surface area contributed by atoms with Crippen LogP contribution in [0.15, 0.2) is 48.2 Å². The average molecular weight is 239 g/mol. The number of allylic oxidation sites excluding steroid dienone is 1.